The predicted molar refractivity (Wildman–Crippen MR) is 146 cm³/mol. The van der Waals surface area contributed by atoms with E-state index in [2.05, 4.69) is 55.6 Å². The Morgan fingerprint density at radius 1 is 0.778 bits per heavy atom. The quantitative estimate of drug-likeness (QED) is 0.353. The number of thioether (sulfide) groups is 1. The highest BCUT2D eigenvalue weighted by Gasteiger charge is 2.18. The number of anilines is 1. The fraction of sp³-hybridized carbons (Fsp3) is 0.250. The summed E-state index contributed by atoms with van der Waals surface area (Å²) in [6, 6.07) is 30.5. The highest BCUT2D eigenvalue weighted by Crippen LogP contribution is 2.27. The summed E-state index contributed by atoms with van der Waals surface area (Å²) < 4.78 is 2.01. The third kappa shape index (κ3) is 5.95. The molecule has 36 heavy (non-hydrogen) atoms. The number of amides is 1. The molecular formula is C28H30N6OS. The van der Waals surface area contributed by atoms with Gasteiger partial charge in [0.2, 0.25) is 5.91 Å². The van der Waals surface area contributed by atoms with Crippen molar-refractivity contribution in [3.8, 4) is 17.1 Å². The van der Waals surface area contributed by atoms with Crippen LogP contribution in [-0.4, -0.2) is 70.6 Å². The van der Waals surface area contributed by atoms with Gasteiger partial charge in [0.25, 0.3) is 0 Å². The van der Waals surface area contributed by atoms with E-state index < -0.39 is 0 Å². The topological polar surface area (TPSA) is 66.3 Å². The zero-order valence-electron chi connectivity index (χ0n) is 20.2. The summed E-state index contributed by atoms with van der Waals surface area (Å²) in [6.07, 6.45) is 0. The Labute approximate surface area is 216 Å². The van der Waals surface area contributed by atoms with Gasteiger partial charge in [-0.25, -0.2) is 0 Å². The maximum absolute atomic E-state index is 12.6. The van der Waals surface area contributed by atoms with Crippen molar-refractivity contribution in [2.24, 2.45) is 0 Å². The summed E-state index contributed by atoms with van der Waals surface area (Å²) in [5, 5.41) is 12.6. The summed E-state index contributed by atoms with van der Waals surface area (Å²) >= 11 is 1.41. The van der Waals surface area contributed by atoms with Crippen LogP contribution in [0.3, 0.4) is 0 Å². The lowest BCUT2D eigenvalue weighted by molar-refractivity contribution is -0.118. The first kappa shape index (κ1) is 24.1. The van der Waals surface area contributed by atoms with Crippen LogP contribution >= 0.6 is 11.8 Å². The Morgan fingerprint density at radius 2 is 1.39 bits per heavy atom. The van der Waals surface area contributed by atoms with Crippen LogP contribution in [0.2, 0.25) is 0 Å². The molecule has 1 fully saturated rings. The smallest absolute Gasteiger partial charge is 0.230 e. The molecule has 1 saturated heterocycles. The molecule has 184 valence electrons. The van der Waals surface area contributed by atoms with E-state index in [1.807, 2.05) is 65.2 Å². The highest BCUT2D eigenvalue weighted by atomic mass is 32.2. The number of benzene rings is 3. The normalized spacial score (nSPS) is 14.1. The molecule has 7 nitrogen and oxygen atoms in total. The number of nitrogens with one attached hydrogen (secondary N) is 1. The van der Waals surface area contributed by atoms with Crippen molar-refractivity contribution in [2.75, 3.05) is 49.9 Å². The molecule has 0 bridgehead atoms. The van der Waals surface area contributed by atoms with E-state index in [1.165, 1.54) is 17.4 Å². The zero-order valence-corrected chi connectivity index (χ0v) is 21.0. The second-order valence-electron chi connectivity index (χ2n) is 8.65. The van der Waals surface area contributed by atoms with Gasteiger partial charge in [-0.05, 0) is 24.3 Å². The maximum atomic E-state index is 12.6. The van der Waals surface area contributed by atoms with Gasteiger partial charge in [-0.15, -0.1) is 10.2 Å². The van der Waals surface area contributed by atoms with Crippen LogP contribution in [0.25, 0.3) is 17.1 Å². The van der Waals surface area contributed by atoms with Crippen molar-refractivity contribution in [1.82, 2.24) is 25.0 Å². The van der Waals surface area contributed by atoms with Gasteiger partial charge in [0.05, 0.1) is 5.75 Å². The third-order valence-electron chi connectivity index (χ3n) is 6.26. The number of hydrogen-bond acceptors (Lipinski definition) is 6. The van der Waals surface area contributed by atoms with E-state index in [1.54, 1.807) is 0 Å². The Hall–Kier alpha value is -3.62. The number of piperazine rings is 1. The summed E-state index contributed by atoms with van der Waals surface area (Å²) in [5.74, 6) is 1.06. The second-order valence-corrected chi connectivity index (χ2v) is 9.59. The summed E-state index contributed by atoms with van der Waals surface area (Å²) in [6.45, 7) is 5.52. The molecule has 0 unspecified atom stereocenters. The largest absolute Gasteiger partial charge is 0.369 e. The highest BCUT2D eigenvalue weighted by molar-refractivity contribution is 7.99. The van der Waals surface area contributed by atoms with Crippen LogP contribution in [0.1, 0.15) is 0 Å². The van der Waals surface area contributed by atoms with Crippen LogP contribution < -0.4 is 10.2 Å². The number of rotatable bonds is 9. The SMILES string of the molecule is O=C(CSc1nnc(-c2ccccc2)n1-c1ccccc1)NCCN1CCN(c2ccccc2)CC1. The molecule has 0 aliphatic carbocycles. The van der Waals surface area contributed by atoms with Crippen LogP contribution in [0.4, 0.5) is 5.69 Å². The van der Waals surface area contributed by atoms with E-state index in [0.29, 0.717) is 17.5 Å². The molecule has 8 heteroatoms. The first-order chi connectivity index (χ1) is 17.8. The minimum absolute atomic E-state index is 0.00629. The van der Waals surface area contributed by atoms with Gasteiger partial charge in [-0.2, -0.15) is 0 Å². The number of aromatic nitrogens is 3. The Balaban J connectivity index is 1.13. The van der Waals surface area contributed by atoms with Crippen molar-refractivity contribution in [3.63, 3.8) is 0 Å². The molecule has 0 saturated carbocycles. The van der Waals surface area contributed by atoms with Gasteiger partial charge in [-0.1, -0.05) is 78.5 Å². The van der Waals surface area contributed by atoms with Crippen LogP contribution in [-0.2, 0) is 4.79 Å². The van der Waals surface area contributed by atoms with Crippen LogP contribution in [0, 0.1) is 0 Å². The standard InChI is InChI=1S/C28H30N6OS/c35-26(29-16-17-32-18-20-33(21-19-32)24-12-6-2-7-13-24)22-36-28-31-30-27(23-10-4-1-5-11-23)34(28)25-14-8-3-9-15-25/h1-15H,16-22H2,(H,29,35). The zero-order chi connectivity index (χ0) is 24.6. The van der Waals surface area contributed by atoms with Gasteiger partial charge in [0.15, 0.2) is 11.0 Å². The summed E-state index contributed by atoms with van der Waals surface area (Å²) in [7, 11) is 0. The molecule has 1 amide bonds. The lowest BCUT2D eigenvalue weighted by Gasteiger charge is -2.36. The molecular weight excluding hydrogens is 468 g/mol. The maximum Gasteiger partial charge on any atom is 0.230 e. The van der Waals surface area contributed by atoms with E-state index >= 15 is 0 Å². The van der Waals surface area contributed by atoms with Crippen LogP contribution in [0.5, 0.6) is 0 Å². The Bertz CT molecular complexity index is 1240. The van der Waals surface area contributed by atoms with Crippen molar-refractivity contribution >= 4 is 23.4 Å². The van der Waals surface area contributed by atoms with Crippen molar-refractivity contribution in [2.45, 2.75) is 5.16 Å². The summed E-state index contributed by atoms with van der Waals surface area (Å²) in [4.78, 5) is 17.4. The number of carbonyl (C=O) groups is 1. The monoisotopic (exact) mass is 498 g/mol. The predicted octanol–water partition coefficient (Wildman–Crippen LogP) is 3.96. The number of para-hydroxylation sites is 2. The third-order valence-corrected chi connectivity index (χ3v) is 7.18. The number of carbonyl (C=O) groups excluding carboxylic acids is 1. The molecule has 1 aliphatic heterocycles. The van der Waals surface area contributed by atoms with Gasteiger partial charge in [0, 0.05) is 56.2 Å². The van der Waals surface area contributed by atoms with Gasteiger partial charge in [-0.3, -0.25) is 14.3 Å². The molecule has 1 aromatic heterocycles. The molecule has 1 N–H and O–H groups in total. The fourth-order valence-electron chi connectivity index (χ4n) is 4.35. The number of nitrogens with zero attached hydrogens (tertiary/aromatic N) is 5. The van der Waals surface area contributed by atoms with Gasteiger partial charge in [0.1, 0.15) is 0 Å². The second kappa shape index (κ2) is 11.9. The van der Waals surface area contributed by atoms with Crippen molar-refractivity contribution in [1.29, 1.82) is 0 Å². The fourth-order valence-corrected chi connectivity index (χ4v) is 5.13. The van der Waals surface area contributed by atoms with E-state index in [9.17, 15) is 4.79 Å². The lowest BCUT2D eigenvalue weighted by atomic mass is 10.2. The molecule has 2 heterocycles. The molecule has 3 aromatic carbocycles. The van der Waals surface area contributed by atoms with E-state index in [4.69, 9.17) is 0 Å². The van der Waals surface area contributed by atoms with Gasteiger partial charge >= 0.3 is 0 Å². The Morgan fingerprint density at radius 3 is 2.06 bits per heavy atom. The molecule has 0 radical (unpaired) electrons. The average Bonchev–Trinajstić information content (AvgIpc) is 3.38. The molecule has 0 atom stereocenters. The molecule has 4 aromatic rings. The summed E-state index contributed by atoms with van der Waals surface area (Å²) in [5.41, 5.74) is 3.23. The average molecular weight is 499 g/mol. The molecule has 5 rings (SSSR count). The van der Waals surface area contributed by atoms with Gasteiger partial charge < -0.3 is 10.2 Å². The first-order valence-electron chi connectivity index (χ1n) is 12.3. The van der Waals surface area contributed by atoms with Crippen LogP contribution in [0.15, 0.2) is 96.2 Å². The first-order valence-corrected chi connectivity index (χ1v) is 13.2. The van der Waals surface area contributed by atoms with E-state index in [0.717, 1.165) is 49.8 Å². The molecule has 1 aliphatic rings. The minimum atomic E-state index is 0.00629. The van der Waals surface area contributed by atoms with Crippen molar-refractivity contribution < 1.29 is 4.79 Å². The number of hydrogen-bond donors (Lipinski definition) is 1. The lowest BCUT2D eigenvalue weighted by Crippen LogP contribution is -2.48. The Kier molecular flexibility index (Phi) is 7.95. The molecule has 0 spiro atoms. The van der Waals surface area contributed by atoms with E-state index in [-0.39, 0.29) is 5.91 Å². The van der Waals surface area contributed by atoms with Crippen molar-refractivity contribution in [3.05, 3.63) is 91.0 Å². The minimum Gasteiger partial charge on any atom is -0.369 e.